The van der Waals surface area contributed by atoms with Gasteiger partial charge in [-0.2, -0.15) is 0 Å². The van der Waals surface area contributed by atoms with E-state index in [4.69, 9.17) is 0 Å². The molecule has 0 fully saturated rings. The van der Waals surface area contributed by atoms with Gasteiger partial charge in [0.1, 0.15) is 0 Å². The summed E-state index contributed by atoms with van der Waals surface area (Å²) in [6.07, 6.45) is 7.16. The summed E-state index contributed by atoms with van der Waals surface area (Å²) in [4.78, 5) is 3.01. The largest absolute Gasteiger partial charge is 0.139 e. The number of fused-ring (bicyclic) bond motifs is 1. The van der Waals surface area contributed by atoms with Gasteiger partial charge in [0, 0.05) is 15.2 Å². The molecule has 0 amide bonds. The first-order chi connectivity index (χ1) is 9.23. The minimum absolute atomic E-state index is 0.159. The fourth-order valence-electron chi connectivity index (χ4n) is 2.97. The predicted octanol–water partition coefficient (Wildman–Crippen LogP) is 6.47. The monoisotopic (exact) mass is 288 g/mol. The van der Waals surface area contributed by atoms with E-state index in [2.05, 4.69) is 66.7 Å². The Balaban J connectivity index is 2.58. The molecule has 0 aliphatic heterocycles. The van der Waals surface area contributed by atoms with Gasteiger partial charge < -0.3 is 0 Å². The van der Waals surface area contributed by atoms with E-state index < -0.39 is 0 Å². The van der Waals surface area contributed by atoms with Crippen molar-refractivity contribution < 1.29 is 0 Å². The third-order valence-corrected chi connectivity index (χ3v) is 5.87. The SMILES string of the molecule is C/C=C1\C(=C/CCC)C(C)(C)c2cc(C(C)(C)C)sc21. The molecule has 0 saturated heterocycles. The summed E-state index contributed by atoms with van der Waals surface area (Å²) < 4.78 is 0. The molecule has 1 aromatic heterocycles. The highest BCUT2D eigenvalue weighted by atomic mass is 32.1. The summed E-state index contributed by atoms with van der Waals surface area (Å²) in [5.74, 6) is 0. The highest BCUT2D eigenvalue weighted by molar-refractivity contribution is 7.13. The van der Waals surface area contributed by atoms with E-state index in [1.54, 1.807) is 0 Å². The molecular formula is C19H28S. The third kappa shape index (κ3) is 2.41. The minimum Gasteiger partial charge on any atom is -0.139 e. The van der Waals surface area contributed by atoms with Gasteiger partial charge in [0.25, 0.3) is 0 Å². The second kappa shape index (κ2) is 5.18. The average Bonchev–Trinajstić information content (AvgIpc) is 2.85. The van der Waals surface area contributed by atoms with E-state index in [1.807, 2.05) is 11.3 Å². The van der Waals surface area contributed by atoms with Crippen molar-refractivity contribution in [1.29, 1.82) is 0 Å². The number of hydrogen-bond donors (Lipinski definition) is 0. The second-order valence-corrected chi connectivity index (χ2v) is 8.39. The molecule has 20 heavy (non-hydrogen) atoms. The van der Waals surface area contributed by atoms with Gasteiger partial charge in [-0.1, -0.05) is 60.1 Å². The van der Waals surface area contributed by atoms with Gasteiger partial charge in [0.2, 0.25) is 0 Å². The molecule has 0 unspecified atom stereocenters. The molecule has 0 saturated carbocycles. The second-order valence-electron chi connectivity index (χ2n) is 7.34. The summed E-state index contributed by atoms with van der Waals surface area (Å²) in [7, 11) is 0. The van der Waals surface area contributed by atoms with E-state index >= 15 is 0 Å². The van der Waals surface area contributed by atoms with Gasteiger partial charge in [0.15, 0.2) is 0 Å². The Bertz CT molecular complexity index is 559. The molecule has 1 heterocycles. The molecule has 0 nitrogen and oxygen atoms in total. The smallest absolute Gasteiger partial charge is 0.0386 e. The summed E-state index contributed by atoms with van der Waals surface area (Å²) in [5.41, 5.74) is 4.94. The highest BCUT2D eigenvalue weighted by Gasteiger charge is 2.40. The molecular weight excluding hydrogens is 260 g/mol. The van der Waals surface area contributed by atoms with Crippen LogP contribution in [0.1, 0.15) is 76.6 Å². The van der Waals surface area contributed by atoms with Gasteiger partial charge in [0.05, 0.1) is 0 Å². The molecule has 1 aliphatic rings. The van der Waals surface area contributed by atoms with Crippen molar-refractivity contribution in [1.82, 2.24) is 0 Å². The highest BCUT2D eigenvalue weighted by Crippen LogP contribution is 2.54. The van der Waals surface area contributed by atoms with Crippen LogP contribution in [0.2, 0.25) is 0 Å². The number of allylic oxidation sites excluding steroid dienone is 4. The first-order valence-corrected chi connectivity index (χ1v) is 8.57. The first kappa shape index (κ1) is 15.6. The van der Waals surface area contributed by atoms with Crippen molar-refractivity contribution in [2.45, 2.75) is 72.1 Å². The Morgan fingerprint density at radius 1 is 1.25 bits per heavy atom. The maximum atomic E-state index is 2.46. The van der Waals surface area contributed by atoms with E-state index in [0.29, 0.717) is 0 Å². The number of thiophene rings is 1. The van der Waals surface area contributed by atoms with Crippen LogP contribution in [-0.2, 0) is 10.8 Å². The van der Waals surface area contributed by atoms with Crippen LogP contribution in [0.3, 0.4) is 0 Å². The molecule has 0 bridgehead atoms. The van der Waals surface area contributed by atoms with Crippen LogP contribution < -0.4 is 0 Å². The Morgan fingerprint density at radius 2 is 1.90 bits per heavy atom. The first-order valence-electron chi connectivity index (χ1n) is 7.76. The summed E-state index contributed by atoms with van der Waals surface area (Å²) in [5, 5.41) is 0. The van der Waals surface area contributed by atoms with Gasteiger partial charge in [-0.05, 0) is 41.5 Å². The van der Waals surface area contributed by atoms with Crippen LogP contribution in [-0.4, -0.2) is 0 Å². The van der Waals surface area contributed by atoms with Crippen LogP contribution in [0.5, 0.6) is 0 Å². The molecule has 0 aromatic carbocycles. The lowest BCUT2D eigenvalue weighted by Crippen LogP contribution is -2.16. The maximum absolute atomic E-state index is 2.46. The van der Waals surface area contributed by atoms with Gasteiger partial charge in [-0.25, -0.2) is 0 Å². The minimum atomic E-state index is 0.159. The van der Waals surface area contributed by atoms with Crippen LogP contribution in [0, 0.1) is 0 Å². The lowest BCUT2D eigenvalue weighted by Gasteiger charge is -2.23. The predicted molar refractivity (Wildman–Crippen MR) is 92.7 cm³/mol. The van der Waals surface area contributed by atoms with Gasteiger partial charge in [-0.3, -0.25) is 0 Å². The fraction of sp³-hybridized carbons (Fsp3) is 0.579. The molecule has 0 radical (unpaired) electrons. The van der Waals surface area contributed by atoms with Crippen molar-refractivity contribution in [3.8, 4) is 0 Å². The molecule has 0 spiro atoms. The number of unbranched alkanes of at least 4 members (excludes halogenated alkanes) is 1. The molecule has 1 heteroatoms. The van der Waals surface area contributed by atoms with Gasteiger partial charge >= 0.3 is 0 Å². The summed E-state index contributed by atoms with van der Waals surface area (Å²) >= 11 is 1.99. The molecule has 2 rings (SSSR count). The van der Waals surface area contributed by atoms with Crippen LogP contribution in [0.25, 0.3) is 5.57 Å². The third-order valence-electron chi connectivity index (χ3n) is 4.28. The number of rotatable bonds is 2. The van der Waals surface area contributed by atoms with Crippen molar-refractivity contribution in [2.75, 3.05) is 0 Å². The zero-order valence-electron chi connectivity index (χ0n) is 14.1. The van der Waals surface area contributed by atoms with Crippen molar-refractivity contribution >= 4 is 16.9 Å². The van der Waals surface area contributed by atoms with Crippen molar-refractivity contribution in [3.05, 3.63) is 39.1 Å². The maximum Gasteiger partial charge on any atom is 0.0386 e. The van der Waals surface area contributed by atoms with Gasteiger partial charge in [-0.15, -0.1) is 11.3 Å². The van der Waals surface area contributed by atoms with Crippen LogP contribution >= 0.6 is 11.3 Å². The fourth-order valence-corrected chi connectivity index (χ4v) is 4.43. The van der Waals surface area contributed by atoms with E-state index in [9.17, 15) is 0 Å². The van der Waals surface area contributed by atoms with E-state index in [-0.39, 0.29) is 10.8 Å². The standard InChI is InChI=1S/C19H28S/c1-8-10-11-14-13(9-2)17-15(19(14,6)7)12-16(20-17)18(3,4)5/h9,11-12H,8,10H2,1-7H3/b13-9+,14-11+. The Hall–Kier alpha value is -0.820. The molecule has 0 atom stereocenters. The number of hydrogen-bond acceptors (Lipinski definition) is 1. The molecule has 0 N–H and O–H groups in total. The van der Waals surface area contributed by atoms with Crippen molar-refractivity contribution in [3.63, 3.8) is 0 Å². The average molecular weight is 288 g/mol. The van der Waals surface area contributed by atoms with Crippen molar-refractivity contribution in [2.24, 2.45) is 0 Å². The lowest BCUT2D eigenvalue weighted by atomic mass is 9.81. The van der Waals surface area contributed by atoms with Crippen LogP contribution in [0.4, 0.5) is 0 Å². The van der Waals surface area contributed by atoms with Crippen LogP contribution in [0.15, 0.2) is 23.8 Å². The molecule has 1 aliphatic carbocycles. The lowest BCUT2D eigenvalue weighted by molar-refractivity contribution is 0.599. The quantitative estimate of drug-likeness (QED) is 0.585. The Kier molecular flexibility index (Phi) is 4.03. The summed E-state index contributed by atoms with van der Waals surface area (Å²) in [6, 6.07) is 2.45. The van der Waals surface area contributed by atoms with E-state index in [0.717, 1.165) is 0 Å². The molecule has 110 valence electrons. The topological polar surface area (TPSA) is 0 Å². The molecule has 1 aromatic rings. The zero-order chi connectivity index (χ0) is 15.1. The Morgan fingerprint density at radius 3 is 2.40 bits per heavy atom. The normalized spacial score (nSPS) is 21.8. The van der Waals surface area contributed by atoms with E-state index in [1.165, 1.54) is 39.3 Å². The Labute approximate surface area is 128 Å². The zero-order valence-corrected chi connectivity index (χ0v) is 14.9. The summed E-state index contributed by atoms with van der Waals surface area (Å²) in [6.45, 7) is 16.1.